The zero-order valence-electron chi connectivity index (χ0n) is 11.2. The van der Waals surface area contributed by atoms with Crippen LogP contribution in [0.4, 0.5) is 8.78 Å². The van der Waals surface area contributed by atoms with Gasteiger partial charge in [-0.05, 0) is 40.9 Å². The van der Waals surface area contributed by atoms with Crippen molar-refractivity contribution >= 4 is 21.7 Å². The molecule has 0 radical (unpaired) electrons. The van der Waals surface area contributed by atoms with E-state index in [0.29, 0.717) is 0 Å². The SMILES string of the molecule is NC1CCCCCC1C(=O)Cc1c(F)ccc(Br)c1F. The lowest BCUT2D eigenvalue weighted by molar-refractivity contribution is -0.123. The average Bonchev–Trinajstić information content (AvgIpc) is 2.63. The number of Topliss-reactive ketones (excluding diaryl/α,β-unsaturated/α-hetero) is 1. The molecule has 1 aliphatic rings. The van der Waals surface area contributed by atoms with Crippen molar-refractivity contribution in [3.05, 3.63) is 33.8 Å². The van der Waals surface area contributed by atoms with Crippen LogP contribution in [0, 0.1) is 17.6 Å². The van der Waals surface area contributed by atoms with E-state index in [4.69, 9.17) is 5.73 Å². The Balaban J connectivity index is 2.17. The lowest BCUT2D eigenvalue weighted by Gasteiger charge is -2.20. The summed E-state index contributed by atoms with van der Waals surface area (Å²) in [7, 11) is 0. The molecular formula is C15H18BrF2NO. The second-order valence-corrected chi connectivity index (χ2v) is 6.23. The number of nitrogens with two attached hydrogens (primary N) is 1. The van der Waals surface area contributed by atoms with Gasteiger partial charge in [0.25, 0.3) is 0 Å². The summed E-state index contributed by atoms with van der Waals surface area (Å²) in [5.41, 5.74) is 5.86. The van der Waals surface area contributed by atoms with Crippen LogP contribution in [-0.2, 0) is 11.2 Å². The Bertz CT molecular complexity index is 507. The molecule has 2 unspecified atom stereocenters. The summed E-state index contributed by atoms with van der Waals surface area (Å²) in [5.74, 6) is -1.81. The Morgan fingerprint density at radius 1 is 1.25 bits per heavy atom. The van der Waals surface area contributed by atoms with Gasteiger partial charge in [-0.25, -0.2) is 8.78 Å². The summed E-state index contributed by atoms with van der Waals surface area (Å²) < 4.78 is 27.8. The molecule has 1 aromatic carbocycles. The Kier molecular flexibility index (Phi) is 5.27. The molecule has 2 atom stereocenters. The molecule has 2 rings (SSSR count). The Labute approximate surface area is 125 Å². The molecular weight excluding hydrogens is 328 g/mol. The molecule has 1 aliphatic carbocycles. The van der Waals surface area contributed by atoms with Crippen molar-refractivity contribution in [1.82, 2.24) is 0 Å². The van der Waals surface area contributed by atoms with Crippen LogP contribution >= 0.6 is 15.9 Å². The lowest BCUT2D eigenvalue weighted by Crippen LogP contribution is -2.35. The molecule has 110 valence electrons. The van der Waals surface area contributed by atoms with E-state index in [1.165, 1.54) is 12.1 Å². The minimum absolute atomic E-state index is 0.157. The van der Waals surface area contributed by atoms with Crippen molar-refractivity contribution in [2.45, 2.75) is 44.6 Å². The Morgan fingerprint density at radius 2 is 1.95 bits per heavy atom. The fraction of sp³-hybridized carbons (Fsp3) is 0.533. The standard InChI is InChI=1S/C15H18BrF2NO/c16-11-6-7-12(17)10(15(11)18)8-14(20)9-4-2-1-3-5-13(9)19/h6-7,9,13H,1-5,8,19H2. The van der Waals surface area contributed by atoms with Crippen LogP contribution in [0.15, 0.2) is 16.6 Å². The number of halogens is 3. The predicted molar refractivity (Wildman–Crippen MR) is 77.3 cm³/mol. The van der Waals surface area contributed by atoms with Crippen LogP contribution in [0.3, 0.4) is 0 Å². The summed E-state index contributed by atoms with van der Waals surface area (Å²) in [5, 5.41) is 0. The van der Waals surface area contributed by atoms with Crippen LogP contribution in [0.5, 0.6) is 0 Å². The number of hydrogen-bond acceptors (Lipinski definition) is 2. The first kappa shape index (κ1) is 15.6. The van der Waals surface area contributed by atoms with Gasteiger partial charge < -0.3 is 5.73 Å². The van der Waals surface area contributed by atoms with E-state index < -0.39 is 11.6 Å². The zero-order chi connectivity index (χ0) is 14.7. The highest BCUT2D eigenvalue weighted by Crippen LogP contribution is 2.27. The highest BCUT2D eigenvalue weighted by Gasteiger charge is 2.28. The van der Waals surface area contributed by atoms with Crippen LogP contribution in [0.25, 0.3) is 0 Å². The minimum atomic E-state index is -0.694. The molecule has 1 fully saturated rings. The van der Waals surface area contributed by atoms with Gasteiger partial charge in [-0.1, -0.05) is 19.3 Å². The fourth-order valence-corrected chi connectivity index (χ4v) is 3.14. The maximum atomic E-state index is 13.9. The molecule has 0 heterocycles. The van der Waals surface area contributed by atoms with E-state index >= 15 is 0 Å². The molecule has 0 spiro atoms. The quantitative estimate of drug-likeness (QED) is 0.669. The van der Waals surface area contributed by atoms with Gasteiger partial charge in [0.1, 0.15) is 17.4 Å². The van der Waals surface area contributed by atoms with E-state index in [9.17, 15) is 13.6 Å². The van der Waals surface area contributed by atoms with Gasteiger partial charge in [0.05, 0.1) is 4.47 Å². The van der Waals surface area contributed by atoms with Crippen molar-refractivity contribution in [2.24, 2.45) is 11.7 Å². The van der Waals surface area contributed by atoms with Gasteiger partial charge in [-0.15, -0.1) is 0 Å². The van der Waals surface area contributed by atoms with Crippen molar-refractivity contribution in [1.29, 1.82) is 0 Å². The summed E-state index contributed by atoms with van der Waals surface area (Å²) in [6.45, 7) is 0. The van der Waals surface area contributed by atoms with E-state index in [1.807, 2.05) is 0 Å². The van der Waals surface area contributed by atoms with Gasteiger partial charge in [0.2, 0.25) is 0 Å². The summed E-state index contributed by atoms with van der Waals surface area (Å²) in [6, 6.07) is 2.28. The number of hydrogen-bond donors (Lipinski definition) is 1. The number of ketones is 1. The molecule has 0 aliphatic heterocycles. The van der Waals surface area contributed by atoms with E-state index in [-0.39, 0.29) is 34.2 Å². The Morgan fingerprint density at radius 3 is 2.70 bits per heavy atom. The summed E-state index contributed by atoms with van der Waals surface area (Å²) in [4.78, 5) is 12.3. The smallest absolute Gasteiger partial charge is 0.143 e. The number of benzene rings is 1. The largest absolute Gasteiger partial charge is 0.327 e. The molecule has 0 saturated heterocycles. The van der Waals surface area contributed by atoms with Gasteiger partial charge in [-0.2, -0.15) is 0 Å². The molecule has 5 heteroatoms. The molecule has 0 amide bonds. The molecule has 1 saturated carbocycles. The van der Waals surface area contributed by atoms with Gasteiger partial charge in [0.15, 0.2) is 0 Å². The monoisotopic (exact) mass is 345 g/mol. The number of carbonyl (C=O) groups excluding carboxylic acids is 1. The maximum Gasteiger partial charge on any atom is 0.143 e. The number of carbonyl (C=O) groups is 1. The first-order valence-electron chi connectivity index (χ1n) is 6.91. The molecule has 2 nitrogen and oxygen atoms in total. The summed E-state index contributed by atoms with van der Waals surface area (Å²) in [6.07, 6.45) is 4.34. The van der Waals surface area contributed by atoms with Gasteiger partial charge >= 0.3 is 0 Å². The van der Waals surface area contributed by atoms with Crippen molar-refractivity contribution in [2.75, 3.05) is 0 Å². The van der Waals surface area contributed by atoms with Crippen LogP contribution in [0.1, 0.15) is 37.7 Å². The van der Waals surface area contributed by atoms with Gasteiger partial charge in [-0.3, -0.25) is 4.79 Å². The zero-order valence-corrected chi connectivity index (χ0v) is 12.8. The lowest BCUT2D eigenvalue weighted by atomic mass is 9.88. The van der Waals surface area contributed by atoms with Crippen molar-refractivity contribution in [3.63, 3.8) is 0 Å². The molecule has 0 aromatic heterocycles. The second kappa shape index (κ2) is 6.76. The van der Waals surface area contributed by atoms with Crippen LogP contribution in [-0.4, -0.2) is 11.8 Å². The highest BCUT2D eigenvalue weighted by molar-refractivity contribution is 9.10. The molecule has 2 N–H and O–H groups in total. The van der Waals surface area contributed by atoms with E-state index in [1.54, 1.807) is 0 Å². The summed E-state index contributed by atoms with van der Waals surface area (Å²) >= 11 is 3.01. The molecule has 1 aromatic rings. The molecule has 0 bridgehead atoms. The van der Waals surface area contributed by atoms with Crippen molar-refractivity contribution < 1.29 is 13.6 Å². The predicted octanol–water partition coefficient (Wildman–Crippen LogP) is 3.75. The molecule has 20 heavy (non-hydrogen) atoms. The average molecular weight is 346 g/mol. The minimum Gasteiger partial charge on any atom is -0.327 e. The van der Waals surface area contributed by atoms with Crippen LogP contribution < -0.4 is 5.73 Å². The topological polar surface area (TPSA) is 43.1 Å². The van der Waals surface area contributed by atoms with Crippen LogP contribution in [0.2, 0.25) is 0 Å². The number of rotatable bonds is 3. The second-order valence-electron chi connectivity index (χ2n) is 5.37. The third-order valence-electron chi connectivity index (χ3n) is 3.97. The fourth-order valence-electron chi connectivity index (χ4n) is 2.77. The first-order valence-corrected chi connectivity index (χ1v) is 7.70. The highest BCUT2D eigenvalue weighted by atomic mass is 79.9. The first-order chi connectivity index (χ1) is 9.50. The van der Waals surface area contributed by atoms with E-state index in [2.05, 4.69) is 15.9 Å². The van der Waals surface area contributed by atoms with Gasteiger partial charge in [0, 0.05) is 23.9 Å². The normalized spacial score (nSPS) is 23.4. The van der Waals surface area contributed by atoms with Crippen molar-refractivity contribution in [3.8, 4) is 0 Å². The maximum absolute atomic E-state index is 13.9. The Hall–Kier alpha value is -0.810. The third kappa shape index (κ3) is 3.44. The third-order valence-corrected chi connectivity index (χ3v) is 4.59. The van der Waals surface area contributed by atoms with E-state index in [0.717, 1.165) is 32.1 Å².